The van der Waals surface area contributed by atoms with E-state index in [0.717, 1.165) is 31.4 Å². The average molecular weight is 340 g/mol. The van der Waals surface area contributed by atoms with Crippen molar-refractivity contribution in [3.8, 4) is 0 Å². The molecule has 7 heteroatoms. The molecule has 2 fully saturated rings. The summed E-state index contributed by atoms with van der Waals surface area (Å²) in [7, 11) is 0. The third-order valence-electron chi connectivity index (χ3n) is 5.50. The van der Waals surface area contributed by atoms with E-state index in [2.05, 4.69) is 20.6 Å². The Morgan fingerprint density at radius 3 is 2.80 bits per heavy atom. The molecule has 2 aromatic heterocycles. The topological polar surface area (TPSA) is 98.7 Å². The van der Waals surface area contributed by atoms with Gasteiger partial charge in [-0.05, 0) is 49.7 Å². The van der Waals surface area contributed by atoms with Crippen LogP contribution in [0.4, 0.5) is 0 Å². The van der Waals surface area contributed by atoms with Crippen molar-refractivity contribution in [1.29, 1.82) is 0 Å². The third-order valence-corrected chi connectivity index (χ3v) is 5.50. The van der Waals surface area contributed by atoms with Gasteiger partial charge < -0.3 is 11.1 Å². The normalized spacial score (nSPS) is 28.5. The summed E-state index contributed by atoms with van der Waals surface area (Å²) in [6.45, 7) is 0.505. The van der Waals surface area contributed by atoms with Crippen molar-refractivity contribution in [1.82, 2.24) is 25.3 Å². The smallest absolute Gasteiger partial charge is 0.273 e. The Morgan fingerprint density at radius 1 is 1.28 bits per heavy atom. The van der Waals surface area contributed by atoms with E-state index < -0.39 is 0 Å². The highest BCUT2D eigenvalue weighted by molar-refractivity contribution is 5.92. The van der Waals surface area contributed by atoms with Gasteiger partial charge in [0.25, 0.3) is 5.91 Å². The molecule has 1 amide bonds. The maximum Gasteiger partial charge on any atom is 0.273 e. The van der Waals surface area contributed by atoms with E-state index in [9.17, 15) is 4.79 Å². The molecule has 2 unspecified atom stereocenters. The fraction of sp³-hybridized carbons (Fsp3) is 0.556. The van der Waals surface area contributed by atoms with Crippen molar-refractivity contribution < 1.29 is 4.79 Å². The number of nitrogens with one attached hydrogen (secondary N) is 1. The quantitative estimate of drug-likeness (QED) is 0.875. The van der Waals surface area contributed by atoms with E-state index in [1.54, 1.807) is 17.1 Å². The molecule has 0 spiro atoms. The summed E-state index contributed by atoms with van der Waals surface area (Å²) in [5, 5.41) is 11.3. The Balaban J connectivity index is 1.42. The largest absolute Gasteiger partial charge is 0.347 e. The molecule has 2 bridgehead atoms. The van der Waals surface area contributed by atoms with Crippen LogP contribution in [0.1, 0.15) is 48.3 Å². The fourth-order valence-electron chi connectivity index (χ4n) is 4.39. The first-order valence-corrected chi connectivity index (χ1v) is 9.05. The summed E-state index contributed by atoms with van der Waals surface area (Å²) < 4.78 is 1.65. The van der Waals surface area contributed by atoms with Gasteiger partial charge in [0.1, 0.15) is 0 Å². The lowest BCUT2D eigenvalue weighted by molar-refractivity contribution is 0.0751. The second kappa shape index (κ2) is 6.92. The predicted octanol–water partition coefficient (Wildman–Crippen LogP) is 1.36. The van der Waals surface area contributed by atoms with Crippen molar-refractivity contribution in [2.24, 2.45) is 17.6 Å². The van der Waals surface area contributed by atoms with E-state index in [1.807, 2.05) is 18.2 Å². The van der Waals surface area contributed by atoms with Crippen molar-refractivity contribution in [3.63, 3.8) is 0 Å². The van der Waals surface area contributed by atoms with E-state index in [1.165, 1.54) is 6.42 Å². The Labute approximate surface area is 147 Å². The molecule has 2 aromatic rings. The summed E-state index contributed by atoms with van der Waals surface area (Å²) in [5.74, 6) is 0.856. The minimum atomic E-state index is -0.135. The fourth-order valence-corrected chi connectivity index (χ4v) is 4.39. The van der Waals surface area contributed by atoms with Crippen molar-refractivity contribution in [2.75, 3.05) is 0 Å². The highest BCUT2D eigenvalue weighted by Gasteiger charge is 2.40. The van der Waals surface area contributed by atoms with Crippen LogP contribution in [0.2, 0.25) is 0 Å². The first-order chi connectivity index (χ1) is 12.2. The molecule has 2 aliphatic rings. The molecule has 0 saturated heterocycles. The van der Waals surface area contributed by atoms with Gasteiger partial charge in [-0.3, -0.25) is 9.78 Å². The molecule has 2 heterocycles. The van der Waals surface area contributed by atoms with E-state index >= 15 is 0 Å². The number of fused-ring (bicyclic) bond motifs is 2. The van der Waals surface area contributed by atoms with Crippen LogP contribution in [0.3, 0.4) is 0 Å². The number of rotatable bonds is 4. The van der Waals surface area contributed by atoms with Gasteiger partial charge in [-0.25, -0.2) is 4.68 Å². The van der Waals surface area contributed by atoms with Crippen LogP contribution < -0.4 is 11.1 Å². The highest BCUT2D eigenvalue weighted by atomic mass is 16.2. The van der Waals surface area contributed by atoms with Gasteiger partial charge in [0, 0.05) is 18.3 Å². The lowest BCUT2D eigenvalue weighted by atomic mass is 9.67. The summed E-state index contributed by atoms with van der Waals surface area (Å²) in [4.78, 5) is 16.9. The molecule has 132 valence electrons. The predicted molar refractivity (Wildman–Crippen MR) is 92.7 cm³/mol. The molecule has 7 nitrogen and oxygen atoms in total. The lowest BCUT2D eigenvalue weighted by Crippen LogP contribution is -2.53. The molecule has 0 aliphatic heterocycles. The van der Waals surface area contributed by atoms with Crippen LogP contribution in [0.15, 0.2) is 30.6 Å². The van der Waals surface area contributed by atoms with Gasteiger partial charge in [-0.15, -0.1) is 5.10 Å². The molecule has 4 rings (SSSR count). The van der Waals surface area contributed by atoms with Gasteiger partial charge >= 0.3 is 0 Å². The summed E-state index contributed by atoms with van der Waals surface area (Å²) >= 11 is 0. The van der Waals surface area contributed by atoms with E-state index in [4.69, 9.17) is 5.73 Å². The van der Waals surface area contributed by atoms with Crippen molar-refractivity contribution in [3.05, 3.63) is 42.0 Å². The first-order valence-electron chi connectivity index (χ1n) is 9.05. The number of carbonyl (C=O) groups excluding carboxylic acids is 1. The molecular formula is C18H24N6O. The molecule has 2 saturated carbocycles. The molecule has 0 aromatic carbocycles. The van der Waals surface area contributed by atoms with Gasteiger partial charge in [-0.1, -0.05) is 17.7 Å². The zero-order valence-corrected chi connectivity index (χ0v) is 14.2. The minimum Gasteiger partial charge on any atom is -0.347 e. The maximum absolute atomic E-state index is 12.6. The van der Waals surface area contributed by atoms with E-state index in [-0.39, 0.29) is 18.0 Å². The maximum atomic E-state index is 12.6. The molecule has 3 N–H and O–H groups in total. The number of nitrogens with zero attached hydrogens (tertiary/aromatic N) is 4. The number of hydrogen-bond acceptors (Lipinski definition) is 5. The van der Waals surface area contributed by atoms with Gasteiger partial charge in [0.05, 0.1) is 18.4 Å². The number of carbonyl (C=O) groups is 1. The van der Waals surface area contributed by atoms with Crippen LogP contribution in [0, 0.1) is 11.8 Å². The van der Waals surface area contributed by atoms with Crippen LogP contribution >= 0.6 is 0 Å². The van der Waals surface area contributed by atoms with Gasteiger partial charge in [0.15, 0.2) is 5.69 Å². The molecule has 2 atom stereocenters. The molecule has 25 heavy (non-hydrogen) atoms. The zero-order valence-electron chi connectivity index (χ0n) is 14.2. The number of pyridine rings is 1. The number of hydrogen-bond donors (Lipinski definition) is 2. The van der Waals surface area contributed by atoms with Crippen molar-refractivity contribution in [2.45, 2.75) is 50.7 Å². The average Bonchev–Trinajstić information content (AvgIpc) is 3.05. The van der Waals surface area contributed by atoms with Crippen LogP contribution in [0.25, 0.3) is 0 Å². The van der Waals surface area contributed by atoms with Crippen molar-refractivity contribution >= 4 is 5.91 Å². The zero-order chi connectivity index (χ0) is 17.2. The number of nitrogens with two attached hydrogens (primary N) is 1. The molecule has 0 radical (unpaired) electrons. The highest BCUT2D eigenvalue weighted by Crippen LogP contribution is 2.39. The Bertz CT molecular complexity index is 716. The Hall–Kier alpha value is -2.28. The SMILES string of the molecule is NC1CC2CCCC(C1)C2NC(=O)c1cn(Cc2ccccn2)nn1. The standard InChI is InChI=1S/C18H24N6O/c19-14-8-12-4-3-5-13(9-14)17(12)21-18(25)16-11-24(23-22-16)10-15-6-1-2-7-20-15/h1-2,6-7,11-14,17H,3-5,8-10,19H2,(H,21,25). The van der Waals surface area contributed by atoms with Crippen LogP contribution in [0.5, 0.6) is 0 Å². The minimum absolute atomic E-state index is 0.135. The molecular weight excluding hydrogens is 316 g/mol. The van der Waals surface area contributed by atoms with Crippen LogP contribution in [-0.2, 0) is 6.54 Å². The van der Waals surface area contributed by atoms with E-state index in [0.29, 0.717) is 24.1 Å². The third kappa shape index (κ3) is 3.56. The van der Waals surface area contributed by atoms with Crippen LogP contribution in [-0.4, -0.2) is 38.0 Å². The summed E-state index contributed by atoms with van der Waals surface area (Å²) in [6, 6.07) is 6.23. The number of amides is 1. The summed E-state index contributed by atoms with van der Waals surface area (Å²) in [5.41, 5.74) is 7.41. The lowest BCUT2D eigenvalue weighted by Gasteiger charge is -2.45. The second-order valence-electron chi connectivity index (χ2n) is 7.30. The Kier molecular flexibility index (Phi) is 4.48. The monoisotopic (exact) mass is 340 g/mol. The molecule has 2 aliphatic carbocycles. The van der Waals surface area contributed by atoms with Gasteiger partial charge in [-0.2, -0.15) is 0 Å². The first kappa shape index (κ1) is 16.2. The van der Waals surface area contributed by atoms with Gasteiger partial charge in [0.2, 0.25) is 0 Å². The Morgan fingerprint density at radius 2 is 2.08 bits per heavy atom. The second-order valence-corrected chi connectivity index (χ2v) is 7.30. The number of aromatic nitrogens is 4. The summed E-state index contributed by atoms with van der Waals surface area (Å²) in [6.07, 6.45) is 9.00.